The van der Waals surface area contributed by atoms with Crippen LogP contribution in [-0.4, -0.2) is 33.9 Å². The lowest BCUT2D eigenvalue weighted by Gasteiger charge is -2.25. The molecule has 1 aromatic carbocycles. The lowest BCUT2D eigenvalue weighted by molar-refractivity contribution is 0.102. The molecule has 0 saturated carbocycles. The number of amides is 1. The molecule has 4 rings (SSSR count). The Bertz CT molecular complexity index is 887. The summed E-state index contributed by atoms with van der Waals surface area (Å²) in [6.07, 6.45) is 3.87. The summed E-state index contributed by atoms with van der Waals surface area (Å²) in [6.45, 7) is 3.16. The van der Waals surface area contributed by atoms with E-state index in [9.17, 15) is 4.79 Å². The van der Waals surface area contributed by atoms with Crippen molar-refractivity contribution in [1.29, 1.82) is 0 Å². The maximum Gasteiger partial charge on any atom is 0.257 e. The first-order valence-corrected chi connectivity index (χ1v) is 12.1. The van der Waals surface area contributed by atoms with Crippen LogP contribution in [0.25, 0.3) is 0 Å². The van der Waals surface area contributed by atoms with Crippen LogP contribution >= 0.6 is 34.4 Å². The van der Waals surface area contributed by atoms with Crippen LogP contribution in [0.1, 0.15) is 41.0 Å². The Morgan fingerprint density at radius 3 is 2.68 bits per heavy atom. The van der Waals surface area contributed by atoms with E-state index in [1.807, 2.05) is 35.2 Å². The Morgan fingerprint density at radius 1 is 1.11 bits per heavy atom. The zero-order valence-corrected chi connectivity index (χ0v) is 17.9. The highest BCUT2D eigenvalue weighted by atomic mass is 32.2. The van der Waals surface area contributed by atoms with Gasteiger partial charge in [-0.1, -0.05) is 6.42 Å². The Morgan fingerprint density at radius 2 is 1.93 bits per heavy atom. The molecule has 0 unspecified atom stereocenters. The number of nitrogens with one attached hydrogen (secondary N) is 1. The highest BCUT2D eigenvalue weighted by molar-refractivity contribution is 7.98. The number of thiazole rings is 2. The van der Waals surface area contributed by atoms with E-state index in [4.69, 9.17) is 0 Å². The monoisotopic (exact) mass is 430 g/mol. The summed E-state index contributed by atoms with van der Waals surface area (Å²) in [5.74, 6) is 0.725. The van der Waals surface area contributed by atoms with Gasteiger partial charge in [-0.05, 0) is 50.2 Å². The Balaban J connectivity index is 1.29. The van der Waals surface area contributed by atoms with Gasteiger partial charge in [0.2, 0.25) is 0 Å². The second-order valence-electron chi connectivity index (χ2n) is 6.73. The number of hydrogen-bond donors (Lipinski definition) is 1. The highest BCUT2D eigenvalue weighted by Crippen LogP contribution is 2.24. The Labute approximate surface area is 177 Å². The smallest absolute Gasteiger partial charge is 0.257 e. The number of thioether (sulfide) groups is 1. The van der Waals surface area contributed by atoms with Crippen LogP contribution in [0, 0.1) is 0 Å². The average molecular weight is 431 g/mol. The van der Waals surface area contributed by atoms with E-state index in [1.165, 1.54) is 30.6 Å². The third-order valence-electron chi connectivity index (χ3n) is 4.59. The molecule has 2 aromatic heterocycles. The van der Waals surface area contributed by atoms with Crippen molar-refractivity contribution in [1.82, 2.24) is 14.9 Å². The summed E-state index contributed by atoms with van der Waals surface area (Å²) < 4.78 is 0. The van der Waals surface area contributed by atoms with E-state index >= 15 is 0 Å². The van der Waals surface area contributed by atoms with Crippen LogP contribution in [0.2, 0.25) is 0 Å². The number of benzene rings is 1. The second-order valence-corrected chi connectivity index (χ2v) is 9.35. The molecule has 1 N–H and O–H groups in total. The van der Waals surface area contributed by atoms with Crippen molar-refractivity contribution in [2.24, 2.45) is 0 Å². The lowest BCUT2D eigenvalue weighted by atomic mass is 10.1. The zero-order chi connectivity index (χ0) is 19.2. The molecule has 8 heteroatoms. The van der Waals surface area contributed by atoms with Crippen molar-refractivity contribution in [3.05, 3.63) is 57.5 Å². The molecule has 1 aliphatic rings. The summed E-state index contributed by atoms with van der Waals surface area (Å²) in [4.78, 5) is 24.9. The van der Waals surface area contributed by atoms with Crippen molar-refractivity contribution in [2.45, 2.75) is 36.5 Å². The van der Waals surface area contributed by atoms with Gasteiger partial charge in [0.05, 0.1) is 16.9 Å². The van der Waals surface area contributed by atoms with Crippen LogP contribution in [0.15, 0.2) is 45.4 Å². The molecule has 5 nitrogen and oxygen atoms in total. The number of hydrogen-bond acceptors (Lipinski definition) is 7. The predicted molar refractivity (Wildman–Crippen MR) is 117 cm³/mol. The van der Waals surface area contributed by atoms with Crippen molar-refractivity contribution in [3.63, 3.8) is 0 Å². The van der Waals surface area contributed by atoms with Crippen LogP contribution in [-0.2, 0) is 12.3 Å². The quantitative estimate of drug-likeness (QED) is 0.527. The maximum atomic E-state index is 12.5. The van der Waals surface area contributed by atoms with Gasteiger partial charge in [0.25, 0.3) is 5.91 Å². The third kappa shape index (κ3) is 5.41. The van der Waals surface area contributed by atoms with Crippen molar-refractivity contribution < 1.29 is 4.79 Å². The number of nitrogens with zero attached hydrogens (tertiary/aromatic N) is 3. The standard InChI is InChI=1S/C20H22N4OS3/c25-19(15-4-6-18(7-5-15)27-13-17-11-26-14-21-17)23-20-22-16(12-28-20)10-24-8-2-1-3-9-24/h4-7,11-12,14H,1-3,8-10,13H2,(H,22,23,25). The molecule has 3 aromatic rings. The van der Waals surface area contributed by atoms with Crippen LogP contribution in [0.4, 0.5) is 5.13 Å². The summed E-state index contributed by atoms with van der Waals surface area (Å²) >= 11 is 4.82. The molecular formula is C20H22N4OS3. The van der Waals surface area contributed by atoms with Gasteiger partial charge in [-0.3, -0.25) is 15.0 Å². The number of carbonyl (C=O) groups excluding carboxylic acids is 1. The fraction of sp³-hybridized carbons (Fsp3) is 0.350. The lowest BCUT2D eigenvalue weighted by Crippen LogP contribution is -2.29. The summed E-state index contributed by atoms with van der Waals surface area (Å²) in [5, 5.41) is 7.69. The molecular weight excluding hydrogens is 408 g/mol. The Kier molecular flexibility index (Phi) is 6.74. The number of rotatable bonds is 7. The molecule has 0 radical (unpaired) electrons. The third-order valence-corrected chi connectivity index (χ3v) is 7.08. The van der Waals surface area contributed by atoms with E-state index < -0.39 is 0 Å². The summed E-state index contributed by atoms with van der Waals surface area (Å²) in [5.41, 5.74) is 4.61. The molecule has 0 spiro atoms. The van der Waals surface area contributed by atoms with E-state index in [-0.39, 0.29) is 5.91 Å². The van der Waals surface area contributed by atoms with E-state index in [0.29, 0.717) is 10.7 Å². The number of piperidine rings is 1. The predicted octanol–water partition coefficient (Wildman–Crippen LogP) is 5.13. The summed E-state index contributed by atoms with van der Waals surface area (Å²) in [7, 11) is 0. The molecule has 0 atom stereocenters. The molecule has 1 saturated heterocycles. The first-order chi connectivity index (χ1) is 13.8. The molecule has 1 amide bonds. The van der Waals surface area contributed by atoms with Crippen LogP contribution < -0.4 is 5.32 Å². The van der Waals surface area contributed by atoms with E-state index in [0.717, 1.165) is 41.7 Å². The fourth-order valence-electron chi connectivity index (χ4n) is 3.12. The molecule has 146 valence electrons. The average Bonchev–Trinajstić information content (AvgIpc) is 3.40. The van der Waals surface area contributed by atoms with Gasteiger partial charge in [0.15, 0.2) is 5.13 Å². The van der Waals surface area contributed by atoms with Crippen molar-refractivity contribution >= 4 is 45.5 Å². The zero-order valence-electron chi connectivity index (χ0n) is 15.5. The number of carbonyl (C=O) groups is 1. The van der Waals surface area contributed by atoms with Crippen molar-refractivity contribution in [3.8, 4) is 0 Å². The van der Waals surface area contributed by atoms with Gasteiger partial charge in [-0.15, -0.1) is 34.4 Å². The first-order valence-electron chi connectivity index (χ1n) is 9.34. The topological polar surface area (TPSA) is 58.1 Å². The Hall–Kier alpha value is -1.74. The fourth-order valence-corrected chi connectivity index (χ4v) is 5.28. The van der Waals surface area contributed by atoms with E-state index in [1.54, 1.807) is 23.1 Å². The van der Waals surface area contributed by atoms with Crippen LogP contribution in [0.5, 0.6) is 0 Å². The molecule has 1 aliphatic heterocycles. The molecule has 0 bridgehead atoms. The molecule has 0 aliphatic carbocycles. The van der Waals surface area contributed by atoms with Gasteiger partial charge in [0, 0.05) is 33.5 Å². The minimum atomic E-state index is -0.116. The normalized spacial score (nSPS) is 14.9. The maximum absolute atomic E-state index is 12.5. The molecule has 3 heterocycles. The van der Waals surface area contributed by atoms with Gasteiger partial charge in [-0.2, -0.15) is 0 Å². The van der Waals surface area contributed by atoms with Gasteiger partial charge in [-0.25, -0.2) is 9.97 Å². The highest BCUT2D eigenvalue weighted by Gasteiger charge is 2.14. The summed E-state index contributed by atoms with van der Waals surface area (Å²) in [6, 6.07) is 7.69. The van der Waals surface area contributed by atoms with Gasteiger partial charge < -0.3 is 0 Å². The molecule has 1 fully saturated rings. The SMILES string of the molecule is O=C(Nc1nc(CN2CCCCC2)cs1)c1ccc(SCc2cscn2)cc1. The van der Waals surface area contributed by atoms with Crippen LogP contribution in [0.3, 0.4) is 0 Å². The first kappa shape index (κ1) is 19.6. The van der Waals surface area contributed by atoms with Gasteiger partial charge in [0.1, 0.15) is 0 Å². The number of likely N-dealkylation sites (tertiary alicyclic amines) is 1. The number of aromatic nitrogens is 2. The minimum absolute atomic E-state index is 0.116. The van der Waals surface area contributed by atoms with Crippen molar-refractivity contribution in [2.75, 3.05) is 18.4 Å². The van der Waals surface area contributed by atoms with Gasteiger partial charge >= 0.3 is 0 Å². The minimum Gasteiger partial charge on any atom is -0.298 e. The molecule has 28 heavy (non-hydrogen) atoms. The number of anilines is 1. The van der Waals surface area contributed by atoms with E-state index in [2.05, 4.69) is 25.6 Å². The largest absolute Gasteiger partial charge is 0.298 e. The second kappa shape index (κ2) is 9.65.